The maximum atomic E-state index is 13.5. The molecule has 1 aromatic heterocycles. The second-order valence-corrected chi connectivity index (χ2v) is 9.66. The third kappa shape index (κ3) is 3.63. The van der Waals surface area contributed by atoms with Crippen molar-refractivity contribution < 1.29 is 9.53 Å². The van der Waals surface area contributed by atoms with Gasteiger partial charge in [-0.1, -0.05) is 54.6 Å². The summed E-state index contributed by atoms with van der Waals surface area (Å²) < 4.78 is 7.41. The lowest BCUT2D eigenvalue weighted by atomic mass is 10.0. The van der Waals surface area contributed by atoms with E-state index in [2.05, 4.69) is 79.7 Å². The van der Waals surface area contributed by atoms with Gasteiger partial charge in [0.1, 0.15) is 0 Å². The standard InChI is InChI=1S/C28H25N3O2S/c1-19-6-2-3-7-22(19)20-10-12-21(13-11-20)31-27-23-8-4-5-9-25(23)34-18-24(27)26(29-31)28(32)30-14-16-33-17-15-30/h2-13H,14-18H2,1H3. The van der Waals surface area contributed by atoms with E-state index in [1.165, 1.54) is 21.6 Å². The van der Waals surface area contributed by atoms with E-state index in [9.17, 15) is 4.79 Å². The van der Waals surface area contributed by atoms with E-state index in [0.29, 0.717) is 32.0 Å². The first kappa shape index (κ1) is 21.2. The molecule has 0 spiro atoms. The Morgan fingerprint density at radius 3 is 2.38 bits per heavy atom. The van der Waals surface area contributed by atoms with E-state index in [0.717, 1.165) is 28.3 Å². The summed E-state index contributed by atoms with van der Waals surface area (Å²) in [6, 6.07) is 25.3. The molecule has 6 rings (SSSR count). The van der Waals surface area contributed by atoms with Crippen LogP contribution in [0, 0.1) is 6.92 Å². The second kappa shape index (κ2) is 8.78. The van der Waals surface area contributed by atoms with Gasteiger partial charge in [0.2, 0.25) is 0 Å². The Balaban J connectivity index is 1.47. The third-order valence-electron chi connectivity index (χ3n) is 6.57. The number of hydrogen-bond donors (Lipinski definition) is 0. The van der Waals surface area contributed by atoms with Gasteiger partial charge in [0.15, 0.2) is 5.69 Å². The first-order chi connectivity index (χ1) is 16.7. The minimum Gasteiger partial charge on any atom is -0.378 e. The van der Waals surface area contributed by atoms with Crippen LogP contribution in [-0.4, -0.2) is 46.9 Å². The molecule has 6 heteroatoms. The lowest BCUT2D eigenvalue weighted by Crippen LogP contribution is -2.41. The fourth-order valence-corrected chi connectivity index (χ4v) is 5.82. The zero-order valence-electron chi connectivity index (χ0n) is 19.0. The molecule has 0 aliphatic carbocycles. The van der Waals surface area contributed by atoms with Crippen LogP contribution in [0.4, 0.5) is 0 Å². The minimum atomic E-state index is -0.00480. The molecule has 5 nitrogen and oxygen atoms in total. The minimum absolute atomic E-state index is 0.00480. The van der Waals surface area contributed by atoms with E-state index in [1.54, 1.807) is 11.8 Å². The Hall–Kier alpha value is -3.35. The number of carbonyl (C=O) groups is 1. The number of amides is 1. The summed E-state index contributed by atoms with van der Waals surface area (Å²) in [4.78, 5) is 16.6. The Morgan fingerprint density at radius 1 is 0.912 bits per heavy atom. The monoisotopic (exact) mass is 467 g/mol. The lowest BCUT2D eigenvalue weighted by molar-refractivity contribution is 0.0298. The molecular formula is C28H25N3O2S. The molecule has 4 aromatic rings. The molecule has 1 fully saturated rings. The molecule has 1 amide bonds. The van der Waals surface area contributed by atoms with Crippen LogP contribution in [0.3, 0.4) is 0 Å². The van der Waals surface area contributed by atoms with Gasteiger partial charge in [-0.25, -0.2) is 4.68 Å². The van der Waals surface area contributed by atoms with Crippen LogP contribution >= 0.6 is 11.8 Å². The van der Waals surface area contributed by atoms with Crippen molar-refractivity contribution in [1.29, 1.82) is 0 Å². The van der Waals surface area contributed by atoms with E-state index < -0.39 is 0 Å². The highest BCUT2D eigenvalue weighted by Gasteiger charge is 2.31. The third-order valence-corrected chi connectivity index (χ3v) is 7.67. The number of rotatable bonds is 3. The zero-order chi connectivity index (χ0) is 23.1. The predicted molar refractivity (Wildman–Crippen MR) is 135 cm³/mol. The van der Waals surface area contributed by atoms with Crippen molar-refractivity contribution in [3.63, 3.8) is 0 Å². The molecular weight excluding hydrogens is 442 g/mol. The molecule has 3 aromatic carbocycles. The lowest BCUT2D eigenvalue weighted by Gasteiger charge is -2.26. The van der Waals surface area contributed by atoms with Crippen molar-refractivity contribution in [2.45, 2.75) is 17.6 Å². The van der Waals surface area contributed by atoms with Gasteiger partial charge >= 0.3 is 0 Å². The number of morpholine rings is 1. The van der Waals surface area contributed by atoms with Gasteiger partial charge in [0, 0.05) is 34.9 Å². The fourth-order valence-electron chi connectivity index (χ4n) is 4.76. The van der Waals surface area contributed by atoms with E-state index >= 15 is 0 Å². The average Bonchev–Trinajstić information content (AvgIpc) is 3.29. The van der Waals surface area contributed by atoms with Crippen LogP contribution in [0.25, 0.3) is 28.1 Å². The van der Waals surface area contributed by atoms with Crippen molar-refractivity contribution in [3.8, 4) is 28.1 Å². The Bertz CT molecular complexity index is 1370. The van der Waals surface area contributed by atoms with Crippen molar-refractivity contribution >= 4 is 17.7 Å². The van der Waals surface area contributed by atoms with Crippen molar-refractivity contribution in [3.05, 3.63) is 89.6 Å². The highest BCUT2D eigenvalue weighted by atomic mass is 32.2. The zero-order valence-corrected chi connectivity index (χ0v) is 19.8. The average molecular weight is 468 g/mol. The predicted octanol–water partition coefficient (Wildman–Crippen LogP) is 5.59. The molecule has 0 atom stereocenters. The number of aryl methyl sites for hydroxylation is 1. The number of benzene rings is 3. The smallest absolute Gasteiger partial charge is 0.274 e. The summed E-state index contributed by atoms with van der Waals surface area (Å²) in [5.74, 6) is 0.730. The first-order valence-corrected chi connectivity index (χ1v) is 12.6. The molecule has 1 saturated heterocycles. The van der Waals surface area contributed by atoms with Crippen LogP contribution in [0.2, 0.25) is 0 Å². The van der Waals surface area contributed by atoms with Gasteiger partial charge in [0.05, 0.1) is 24.6 Å². The molecule has 0 bridgehead atoms. The molecule has 0 saturated carbocycles. The van der Waals surface area contributed by atoms with E-state index in [-0.39, 0.29) is 5.91 Å². The maximum Gasteiger partial charge on any atom is 0.274 e. The van der Waals surface area contributed by atoms with Crippen molar-refractivity contribution in [1.82, 2.24) is 14.7 Å². The summed E-state index contributed by atoms with van der Waals surface area (Å²) in [5, 5.41) is 4.93. The fraction of sp³-hybridized carbons (Fsp3) is 0.214. The number of thioether (sulfide) groups is 1. The largest absolute Gasteiger partial charge is 0.378 e. The Labute approximate surface area is 203 Å². The quantitative estimate of drug-likeness (QED) is 0.394. The Morgan fingerprint density at radius 2 is 1.62 bits per heavy atom. The molecule has 34 heavy (non-hydrogen) atoms. The normalized spacial score (nSPS) is 15.0. The van der Waals surface area contributed by atoms with Crippen LogP contribution in [-0.2, 0) is 10.5 Å². The van der Waals surface area contributed by atoms with E-state index in [4.69, 9.17) is 9.84 Å². The van der Waals surface area contributed by atoms with Gasteiger partial charge in [-0.05, 0) is 41.8 Å². The molecule has 2 aliphatic rings. The number of aromatic nitrogens is 2. The highest BCUT2D eigenvalue weighted by molar-refractivity contribution is 7.98. The molecule has 0 radical (unpaired) electrons. The van der Waals surface area contributed by atoms with Gasteiger partial charge < -0.3 is 9.64 Å². The number of carbonyl (C=O) groups excluding carboxylic acids is 1. The number of hydrogen-bond acceptors (Lipinski definition) is 4. The number of nitrogens with zero attached hydrogens (tertiary/aromatic N) is 3. The molecule has 170 valence electrons. The molecule has 3 heterocycles. The van der Waals surface area contributed by atoms with Crippen LogP contribution in [0.15, 0.2) is 77.7 Å². The topological polar surface area (TPSA) is 47.4 Å². The summed E-state index contributed by atoms with van der Waals surface area (Å²) in [5.41, 5.74) is 8.32. The van der Waals surface area contributed by atoms with E-state index in [1.807, 2.05) is 9.58 Å². The van der Waals surface area contributed by atoms with Gasteiger partial charge in [0.25, 0.3) is 5.91 Å². The summed E-state index contributed by atoms with van der Waals surface area (Å²) in [6.45, 7) is 4.50. The molecule has 0 N–H and O–H groups in total. The second-order valence-electron chi connectivity index (χ2n) is 8.64. The summed E-state index contributed by atoms with van der Waals surface area (Å²) in [6.07, 6.45) is 0. The SMILES string of the molecule is Cc1ccccc1-c1ccc(-n2nc(C(=O)N3CCOCC3)c3c2-c2ccccc2SC3)cc1. The van der Waals surface area contributed by atoms with Crippen LogP contribution < -0.4 is 0 Å². The maximum absolute atomic E-state index is 13.5. The number of fused-ring (bicyclic) bond motifs is 3. The van der Waals surface area contributed by atoms with Gasteiger partial charge in [-0.3, -0.25) is 4.79 Å². The summed E-state index contributed by atoms with van der Waals surface area (Å²) >= 11 is 1.77. The summed E-state index contributed by atoms with van der Waals surface area (Å²) in [7, 11) is 0. The highest BCUT2D eigenvalue weighted by Crippen LogP contribution is 2.44. The van der Waals surface area contributed by atoms with Crippen LogP contribution in [0.1, 0.15) is 21.6 Å². The van der Waals surface area contributed by atoms with Crippen molar-refractivity contribution in [2.75, 3.05) is 26.3 Å². The van der Waals surface area contributed by atoms with Crippen LogP contribution in [0.5, 0.6) is 0 Å². The first-order valence-electron chi connectivity index (χ1n) is 11.6. The number of ether oxygens (including phenoxy) is 1. The molecule has 2 aliphatic heterocycles. The molecule has 0 unspecified atom stereocenters. The van der Waals surface area contributed by atoms with Crippen molar-refractivity contribution in [2.24, 2.45) is 0 Å². The van der Waals surface area contributed by atoms with Gasteiger partial charge in [-0.2, -0.15) is 5.10 Å². The Kier molecular flexibility index (Phi) is 5.47. The van der Waals surface area contributed by atoms with Gasteiger partial charge in [-0.15, -0.1) is 11.8 Å².